The van der Waals surface area contributed by atoms with Gasteiger partial charge >= 0.3 is 0 Å². The maximum absolute atomic E-state index is 10.6. The van der Waals surface area contributed by atoms with Crippen LogP contribution >= 0.6 is 11.8 Å². The lowest BCUT2D eigenvalue weighted by molar-refractivity contribution is 0.406. The van der Waals surface area contributed by atoms with Gasteiger partial charge in [0, 0.05) is 16.9 Å². The quantitative estimate of drug-likeness (QED) is 0.688. The average molecular weight is 309 g/mol. The Balaban J connectivity index is 1.83. The second-order valence-corrected chi connectivity index (χ2v) is 6.36. The first-order valence-corrected chi connectivity index (χ1v) is 8.36. The van der Waals surface area contributed by atoms with E-state index in [1.165, 1.54) is 0 Å². The number of thioether (sulfide) groups is 1. The summed E-state index contributed by atoms with van der Waals surface area (Å²) in [5.41, 5.74) is 2.35. The van der Waals surface area contributed by atoms with Crippen LogP contribution in [0.1, 0.15) is 6.04 Å². The number of benzene rings is 2. The molecule has 1 saturated heterocycles. The standard InChI is InChI=1S/C17H15N3OS/c21-17-16(19-18-12-6-2-1-3-7-12)14-8-4-5-9-15(14)20(17)13-10-22-11-13/h1-9,13,21H,10-11H2. The van der Waals surface area contributed by atoms with Gasteiger partial charge in [-0.15, -0.1) is 5.11 Å². The third kappa shape index (κ3) is 2.18. The van der Waals surface area contributed by atoms with E-state index in [0.29, 0.717) is 11.7 Å². The van der Waals surface area contributed by atoms with Gasteiger partial charge in [-0.1, -0.05) is 36.4 Å². The summed E-state index contributed by atoms with van der Waals surface area (Å²) in [6.45, 7) is 0. The van der Waals surface area contributed by atoms with Crippen molar-refractivity contribution in [2.45, 2.75) is 6.04 Å². The number of hydrogen-bond acceptors (Lipinski definition) is 4. The molecule has 0 bridgehead atoms. The Bertz CT molecular complexity index is 838. The summed E-state index contributed by atoms with van der Waals surface area (Å²) in [7, 11) is 0. The summed E-state index contributed by atoms with van der Waals surface area (Å²) in [4.78, 5) is 0. The van der Waals surface area contributed by atoms with Gasteiger partial charge < -0.3 is 9.67 Å². The maximum atomic E-state index is 10.6. The Morgan fingerprint density at radius 2 is 1.68 bits per heavy atom. The van der Waals surface area contributed by atoms with Crippen LogP contribution in [0.3, 0.4) is 0 Å². The van der Waals surface area contributed by atoms with Gasteiger partial charge in [-0.3, -0.25) is 0 Å². The van der Waals surface area contributed by atoms with Crippen LogP contribution in [0.25, 0.3) is 10.9 Å². The summed E-state index contributed by atoms with van der Waals surface area (Å²) in [5, 5.41) is 20.1. The number of aromatic nitrogens is 1. The predicted octanol–water partition coefficient (Wildman–Crippen LogP) is 5.05. The van der Waals surface area contributed by atoms with Crippen molar-refractivity contribution < 1.29 is 5.11 Å². The molecule has 0 saturated carbocycles. The molecule has 0 atom stereocenters. The topological polar surface area (TPSA) is 49.9 Å². The number of azo groups is 1. The van der Waals surface area contributed by atoms with E-state index in [2.05, 4.69) is 10.2 Å². The minimum absolute atomic E-state index is 0.214. The maximum Gasteiger partial charge on any atom is 0.221 e. The van der Waals surface area contributed by atoms with E-state index >= 15 is 0 Å². The van der Waals surface area contributed by atoms with Gasteiger partial charge in [-0.25, -0.2) is 0 Å². The van der Waals surface area contributed by atoms with Gasteiger partial charge in [-0.2, -0.15) is 16.9 Å². The Morgan fingerprint density at radius 3 is 2.41 bits per heavy atom. The fourth-order valence-electron chi connectivity index (χ4n) is 2.68. The molecule has 0 amide bonds. The number of aromatic hydroxyl groups is 1. The smallest absolute Gasteiger partial charge is 0.221 e. The monoisotopic (exact) mass is 309 g/mol. The van der Waals surface area contributed by atoms with E-state index in [1.54, 1.807) is 0 Å². The largest absolute Gasteiger partial charge is 0.493 e. The first-order valence-electron chi connectivity index (χ1n) is 7.21. The number of nitrogens with zero attached hydrogens (tertiary/aromatic N) is 3. The van der Waals surface area contributed by atoms with Crippen molar-refractivity contribution in [1.82, 2.24) is 4.57 Å². The SMILES string of the molecule is Oc1c(N=Nc2ccccc2)c2ccccc2n1C1CSC1. The molecule has 1 N–H and O–H groups in total. The van der Waals surface area contributed by atoms with Crippen molar-refractivity contribution >= 4 is 34.0 Å². The fraction of sp³-hybridized carbons (Fsp3) is 0.176. The van der Waals surface area contributed by atoms with Crippen LogP contribution in [-0.4, -0.2) is 21.2 Å². The Hall–Kier alpha value is -2.27. The van der Waals surface area contributed by atoms with Crippen molar-refractivity contribution in [3.63, 3.8) is 0 Å². The summed E-state index contributed by atoms with van der Waals surface area (Å²) >= 11 is 1.89. The van der Waals surface area contributed by atoms with Crippen molar-refractivity contribution in [1.29, 1.82) is 0 Å². The molecule has 1 fully saturated rings. The lowest BCUT2D eigenvalue weighted by Crippen LogP contribution is -2.22. The van der Waals surface area contributed by atoms with E-state index in [-0.39, 0.29) is 5.88 Å². The third-order valence-electron chi connectivity index (χ3n) is 3.87. The Kier molecular flexibility index (Phi) is 3.35. The van der Waals surface area contributed by atoms with E-state index in [1.807, 2.05) is 70.9 Å². The van der Waals surface area contributed by atoms with E-state index in [0.717, 1.165) is 28.1 Å². The number of fused-ring (bicyclic) bond motifs is 1. The van der Waals surface area contributed by atoms with Crippen LogP contribution in [0.4, 0.5) is 11.4 Å². The second kappa shape index (κ2) is 5.50. The van der Waals surface area contributed by atoms with Crippen molar-refractivity contribution in [2.75, 3.05) is 11.5 Å². The van der Waals surface area contributed by atoms with Gasteiger partial charge in [0.15, 0.2) is 5.69 Å². The van der Waals surface area contributed by atoms with Crippen LogP contribution in [0.5, 0.6) is 5.88 Å². The highest BCUT2D eigenvalue weighted by atomic mass is 32.2. The van der Waals surface area contributed by atoms with Crippen LogP contribution < -0.4 is 0 Å². The van der Waals surface area contributed by atoms with Gasteiger partial charge in [0.05, 0.1) is 17.2 Å². The van der Waals surface area contributed by atoms with Gasteiger partial charge in [-0.05, 0) is 18.2 Å². The van der Waals surface area contributed by atoms with Gasteiger partial charge in [0.25, 0.3) is 0 Å². The highest BCUT2D eigenvalue weighted by molar-refractivity contribution is 8.00. The summed E-state index contributed by atoms with van der Waals surface area (Å²) in [6.07, 6.45) is 0. The Morgan fingerprint density at radius 1 is 0.955 bits per heavy atom. The minimum atomic E-state index is 0.214. The molecule has 0 radical (unpaired) electrons. The van der Waals surface area contributed by atoms with Crippen LogP contribution in [0.15, 0.2) is 64.8 Å². The molecule has 22 heavy (non-hydrogen) atoms. The minimum Gasteiger partial charge on any atom is -0.493 e. The van der Waals surface area contributed by atoms with Crippen molar-refractivity contribution in [2.24, 2.45) is 10.2 Å². The number of hydrogen-bond donors (Lipinski definition) is 1. The van der Waals surface area contributed by atoms with Crippen LogP contribution in [0.2, 0.25) is 0 Å². The summed E-state index contributed by atoms with van der Waals surface area (Å²) in [6, 6.07) is 17.9. The molecule has 3 aromatic rings. The zero-order valence-corrected chi connectivity index (χ0v) is 12.7. The molecule has 1 aliphatic heterocycles. The molecular formula is C17H15N3OS. The van der Waals surface area contributed by atoms with E-state index in [4.69, 9.17) is 0 Å². The lowest BCUT2D eigenvalue weighted by atomic mass is 10.2. The molecule has 0 spiro atoms. The lowest BCUT2D eigenvalue weighted by Gasteiger charge is -2.27. The van der Waals surface area contributed by atoms with E-state index in [9.17, 15) is 5.11 Å². The van der Waals surface area contributed by atoms with Gasteiger partial charge in [0.1, 0.15) is 0 Å². The molecule has 0 unspecified atom stereocenters. The molecule has 110 valence electrons. The first-order chi connectivity index (χ1) is 10.8. The molecule has 4 rings (SSSR count). The zero-order chi connectivity index (χ0) is 14.9. The number of para-hydroxylation sites is 1. The first kappa shape index (κ1) is 13.4. The molecular weight excluding hydrogens is 294 g/mol. The van der Waals surface area contributed by atoms with E-state index < -0.39 is 0 Å². The molecule has 2 aromatic carbocycles. The molecule has 4 nitrogen and oxygen atoms in total. The fourth-order valence-corrected chi connectivity index (χ4v) is 3.42. The average Bonchev–Trinajstić information content (AvgIpc) is 2.78. The van der Waals surface area contributed by atoms with Crippen molar-refractivity contribution in [3.05, 3.63) is 54.6 Å². The van der Waals surface area contributed by atoms with Crippen LogP contribution in [-0.2, 0) is 0 Å². The summed E-state index contributed by atoms with van der Waals surface area (Å²) < 4.78 is 1.99. The highest BCUT2D eigenvalue weighted by Crippen LogP contribution is 2.44. The number of rotatable bonds is 3. The molecule has 2 heterocycles. The third-order valence-corrected chi connectivity index (χ3v) is 5.11. The molecule has 1 aliphatic rings. The predicted molar refractivity (Wildman–Crippen MR) is 90.6 cm³/mol. The van der Waals surface area contributed by atoms with Crippen molar-refractivity contribution in [3.8, 4) is 5.88 Å². The van der Waals surface area contributed by atoms with Crippen LogP contribution in [0, 0.1) is 0 Å². The highest BCUT2D eigenvalue weighted by Gasteiger charge is 2.27. The molecule has 0 aliphatic carbocycles. The zero-order valence-electron chi connectivity index (χ0n) is 11.9. The Labute approximate surface area is 132 Å². The normalized spacial score (nSPS) is 15.5. The molecule has 5 heteroatoms. The second-order valence-electron chi connectivity index (χ2n) is 5.29. The van der Waals surface area contributed by atoms with Gasteiger partial charge in [0.2, 0.25) is 5.88 Å². The summed E-state index contributed by atoms with van der Waals surface area (Å²) in [5.74, 6) is 2.27. The molecule has 1 aromatic heterocycles.